The zero-order chi connectivity index (χ0) is 26.1. The lowest BCUT2D eigenvalue weighted by atomic mass is 9.97. The number of rotatable bonds is 8. The van der Waals surface area contributed by atoms with E-state index in [-0.39, 0.29) is 17.1 Å². The van der Waals surface area contributed by atoms with Crippen molar-refractivity contribution in [2.24, 2.45) is 0 Å². The number of fused-ring (bicyclic) bond motifs is 2. The van der Waals surface area contributed by atoms with Crippen LogP contribution in [0.25, 0.3) is 11.0 Å². The SMILES string of the molecule is CCCCOc1ccc(C2c3c(oc4cc(C)c(C)cc4c3=O)C(=O)N2Cc2ccccc2)cc1OC. The maximum Gasteiger partial charge on any atom is 0.291 e. The fourth-order valence-electron chi connectivity index (χ4n) is 4.87. The summed E-state index contributed by atoms with van der Waals surface area (Å²) < 4.78 is 17.7. The van der Waals surface area contributed by atoms with Gasteiger partial charge in [0.1, 0.15) is 5.58 Å². The van der Waals surface area contributed by atoms with Gasteiger partial charge in [-0.1, -0.05) is 49.7 Å². The Morgan fingerprint density at radius 2 is 1.70 bits per heavy atom. The molecule has 0 N–H and O–H groups in total. The van der Waals surface area contributed by atoms with E-state index >= 15 is 0 Å². The summed E-state index contributed by atoms with van der Waals surface area (Å²) in [4.78, 5) is 29.4. The van der Waals surface area contributed by atoms with E-state index in [4.69, 9.17) is 13.9 Å². The molecule has 0 aliphatic carbocycles. The summed E-state index contributed by atoms with van der Waals surface area (Å²) in [6.07, 6.45) is 1.96. The Labute approximate surface area is 216 Å². The minimum atomic E-state index is -0.622. The van der Waals surface area contributed by atoms with Gasteiger partial charge in [0.15, 0.2) is 16.9 Å². The number of benzene rings is 3. The number of amides is 1. The molecule has 37 heavy (non-hydrogen) atoms. The van der Waals surface area contributed by atoms with Crippen molar-refractivity contribution in [3.8, 4) is 11.5 Å². The molecule has 3 aromatic carbocycles. The molecule has 6 heteroatoms. The van der Waals surface area contributed by atoms with Crippen molar-refractivity contribution in [1.82, 2.24) is 4.90 Å². The molecule has 1 aliphatic heterocycles. The number of ether oxygens (including phenoxy) is 2. The van der Waals surface area contributed by atoms with Crippen molar-refractivity contribution in [2.75, 3.05) is 13.7 Å². The number of methoxy groups -OCH3 is 1. The maximum atomic E-state index is 13.9. The van der Waals surface area contributed by atoms with E-state index in [1.54, 1.807) is 12.0 Å². The van der Waals surface area contributed by atoms with Gasteiger partial charge >= 0.3 is 0 Å². The van der Waals surface area contributed by atoms with Crippen LogP contribution >= 0.6 is 0 Å². The van der Waals surface area contributed by atoms with Gasteiger partial charge in [0.05, 0.1) is 30.7 Å². The average molecular weight is 498 g/mol. The van der Waals surface area contributed by atoms with Gasteiger partial charge in [0, 0.05) is 6.54 Å². The molecule has 4 aromatic rings. The molecule has 1 unspecified atom stereocenters. The number of carbonyl (C=O) groups excluding carboxylic acids is 1. The molecule has 1 aliphatic rings. The lowest BCUT2D eigenvalue weighted by Crippen LogP contribution is -2.29. The molecule has 0 saturated carbocycles. The second kappa shape index (κ2) is 10.1. The van der Waals surface area contributed by atoms with Crippen LogP contribution in [0.15, 0.2) is 69.9 Å². The van der Waals surface area contributed by atoms with Gasteiger partial charge in [-0.25, -0.2) is 0 Å². The number of hydrogen-bond donors (Lipinski definition) is 0. The highest BCUT2D eigenvalue weighted by Crippen LogP contribution is 2.42. The summed E-state index contributed by atoms with van der Waals surface area (Å²) >= 11 is 0. The zero-order valence-corrected chi connectivity index (χ0v) is 21.7. The van der Waals surface area contributed by atoms with Crippen molar-refractivity contribution >= 4 is 16.9 Å². The van der Waals surface area contributed by atoms with E-state index in [1.165, 1.54) is 0 Å². The van der Waals surface area contributed by atoms with Gasteiger partial charge < -0.3 is 18.8 Å². The topological polar surface area (TPSA) is 69.0 Å². The number of hydrogen-bond acceptors (Lipinski definition) is 5. The third-order valence-electron chi connectivity index (χ3n) is 7.04. The maximum absolute atomic E-state index is 13.9. The molecule has 1 aromatic heterocycles. The van der Waals surface area contributed by atoms with E-state index < -0.39 is 6.04 Å². The Morgan fingerprint density at radius 1 is 0.946 bits per heavy atom. The second-order valence-corrected chi connectivity index (χ2v) is 9.54. The van der Waals surface area contributed by atoms with Crippen LogP contribution < -0.4 is 14.9 Å². The summed E-state index contributed by atoms with van der Waals surface area (Å²) in [6.45, 7) is 6.96. The molecule has 190 valence electrons. The minimum absolute atomic E-state index is 0.101. The summed E-state index contributed by atoms with van der Waals surface area (Å²) in [6, 6.07) is 18.4. The first-order valence-electron chi connectivity index (χ1n) is 12.7. The lowest BCUT2D eigenvalue weighted by molar-refractivity contribution is 0.0714. The summed E-state index contributed by atoms with van der Waals surface area (Å²) in [5.74, 6) is 0.994. The van der Waals surface area contributed by atoms with E-state index in [1.807, 2.05) is 74.5 Å². The van der Waals surface area contributed by atoms with Crippen molar-refractivity contribution in [3.05, 3.63) is 104 Å². The van der Waals surface area contributed by atoms with Crippen LogP contribution in [0.2, 0.25) is 0 Å². The van der Waals surface area contributed by atoms with Crippen LogP contribution in [0.4, 0.5) is 0 Å². The fraction of sp³-hybridized carbons (Fsp3) is 0.290. The molecule has 6 nitrogen and oxygen atoms in total. The molecule has 2 heterocycles. The van der Waals surface area contributed by atoms with E-state index in [0.29, 0.717) is 41.2 Å². The van der Waals surface area contributed by atoms with Crippen LogP contribution in [0.5, 0.6) is 11.5 Å². The number of aryl methyl sites for hydroxylation is 2. The predicted molar refractivity (Wildman–Crippen MR) is 144 cm³/mol. The molecular formula is C31H31NO5. The van der Waals surface area contributed by atoms with Gasteiger partial charge in [-0.05, 0) is 66.8 Å². The van der Waals surface area contributed by atoms with Crippen LogP contribution in [0.3, 0.4) is 0 Å². The van der Waals surface area contributed by atoms with Crippen molar-refractivity contribution in [3.63, 3.8) is 0 Å². The molecular weight excluding hydrogens is 466 g/mol. The minimum Gasteiger partial charge on any atom is -0.493 e. The normalized spacial score (nSPS) is 14.8. The van der Waals surface area contributed by atoms with Crippen molar-refractivity contribution < 1.29 is 18.7 Å². The van der Waals surface area contributed by atoms with Crippen molar-refractivity contribution in [2.45, 2.75) is 46.2 Å². The van der Waals surface area contributed by atoms with Gasteiger partial charge in [-0.2, -0.15) is 0 Å². The molecule has 1 amide bonds. The van der Waals surface area contributed by atoms with E-state index in [9.17, 15) is 9.59 Å². The molecule has 0 saturated heterocycles. The molecule has 0 spiro atoms. The smallest absolute Gasteiger partial charge is 0.291 e. The predicted octanol–water partition coefficient (Wildman–Crippen LogP) is 6.34. The van der Waals surface area contributed by atoms with Crippen LogP contribution in [-0.2, 0) is 6.54 Å². The third-order valence-corrected chi connectivity index (χ3v) is 7.04. The van der Waals surface area contributed by atoms with Gasteiger partial charge in [-0.3, -0.25) is 9.59 Å². The first kappa shape index (κ1) is 24.6. The Kier molecular flexibility index (Phi) is 6.74. The van der Waals surface area contributed by atoms with Gasteiger partial charge in [0.2, 0.25) is 5.76 Å². The highest BCUT2D eigenvalue weighted by molar-refractivity contribution is 5.99. The van der Waals surface area contributed by atoms with E-state index in [2.05, 4.69) is 6.92 Å². The molecule has 0 fully saturated rings. The Morgan fingerprint density at radius 3 is 2.43 bits per heavy atom. The fourth-order valence-corrected chi connectivity index (χ4v) is 4.87. The van der Waals surface area contributed by atoms with Crippen LogP contribution in [0.1, 0.15) is 64.2 Å². The molecule has 0 radical (unpaired) electrons. The summed E-state index contributed by atoms with van der Waals surface area (Å²) in [5.41, 5.74) is 4.33. The highest BCUT2D eigenvalue weighted by Gasteiger charge is 2.43. The quantitative estimate of drug-likeness (QED) is 0.266. The van der Waals surface area contributed by atoms with Gasteiger partial charge in [-0.15, -0.1) is 0 Å². The number of unbranched alkanes of at least 4 members (excludes halogenated alkanes) is 1. The van der Waals surface area contributed by atoms with Gasteiger partial charge in [0.25, 0.3) is 5.91 Å². The van der Waals surface area contributed by atoms with Crippen LogP contribution in [-0.4, -0.2) is 24.5 Å². The Bertz CT molecular complexity index is 1520. The Hall–Kier alpha value is -4.06. The van der Waals surface area contributed by atoms with Crippen LogP contribution in [0, 0.1) is 13.8 Å². The lowest BCUT2D eigenvalue weighted by Gasteiger charge is -2.26. The molecule has 5 rings (SSSR count). The number of nitrogens with zero attached hydrogens (tertiary/aromatic N) is 1. The monoisotopic (exact) mass is 497 g/mol. The average Bonchev–Trinajstić information content (AvgIpc) is 3.17. The summed E-state index contributed by atoms with van der Waals surface area (Å²) in [7, 11) is 1.59. The Balaban J connectivity index is 1.67. The molecule has 1 atom stereocenters. The second-order valence-electron chi connectivity index (χ2n) is 9.54. The first-order valence-corrected chi connectivity index (χ1v) is 12.7. The van der Waals surface area contributed by atoms with Crippen molar-refractivity contribution in [1.29, 1.82) is 0 Å². The zero-order valence-electron chi connectivity index (χ0n) is 21.7. The highest BCUT2D eigenvalue weighted by atomic mass is 16.5. The third kappa shape index (κ3) is 4.48. The van der Waals surface area contributed by atoms with E-state index in [0.717, 1.165) is 35.1 Å². The largest absolute Gasteiger partial charge is 0.493 e. The first-order chi connectivity index (χ1) is 17.9. The molecule has 0 bridgehead atoms. The standard InChI is InChI=1S/C31H31NO5/c1-5-6-14-36-24-13-12-22(17-26(24)35-4)28-27-29(33)23-15-19(2)20(3)16-25(23)37-30(27)31(34)32(28)18-21-10-8-7-9-11-21/h7-13,15-17,28H,5-6,14,18H2,1-4H3. The summed E-state index contributed by atoms with van der Waals surface area (Å²) in [5, 5.41) is 0.479. The number of carbonyl (C=O) groups is 1.